The highest BCUT2D eigenvalue weighted by molar-refractivity contribution is 7.86. The number of benzene rings is 1. The van der Waals surface area contributed by atoms with E-state index in [1.807, 2.05) is 13.8 Å². The minimum atomic E-state index is -3.57. The number of carbonyl (C=O) groups excluding carboxylic acids is 1. The normalized spacial score (nSPS) is 19.7. The monoisotopic (exact) mass is 342 g/mol. The van der Waals surface area contributed by atoms with E-state index in [-0.39, 0.29) is 24.3 Å². The number of halogens is 1. The third kappa shape index (κ3) is 3.97. The molecule has 23 heavy (non-hydrogen) atoms. The Kier molecular flexibility index (Phi) is 5.54. The van der Waals surface area contributed by atoms with Gasteiger partial charge in [0.1, 0.15) is 5.82 Å². The first-order chi connectivity index (χ1) is 10.7. The lowest BCUT2D eigenvalue weighted by atomic mass is 10.0. The number of nitrogens with zero attached hydrogens (tertiary/aromatic N) is 2. The summed E-state index contributed by atoms with van der Waals surface area (Å²) in [5.74, 6) is -0.561. The Hall–Kier alpha value is -1.31. The highest BCUT2D eigenvalue weighted by atomic mass is 32.2. The molecular weight excluding hydrogens is 319 g/mol. The summed E-state index contributed by atoms with van der Waals surface area (Å²) in [7, 11) is -2.01. The van der Waals surface area contributed by atoms with Crippen LogP contribution < -0.4 is 0 Å². The van der Waals surface area contributed by atoms with Crippen molar-refractivity contribution in [1.29, 1.82) is 0 Å². The molecule has 1 atom stereocenters. The Labute approximate surface area is 137 Å². The molecule has 7 heteroatoms. The van der Waals surface area contributed by atoms with Crippen LogP contribution in [-0.4, -0.2) is 48.5 Å². The molecule has 1 fully saturated rings. The number of carbonyl (C=O) groups is 1. The zero-order valence-electron chi connectivity index (χ0n) is 13.7. The van der Waals surface area contributed by atoms with E-state index in [0.717, 1.165) is 6.42 Å². The molecule has 1 aliphatic rings. The molecule has 0 radical (unpaired) electrons. The lowest BCUT2D eigenvalue weighted by molar-refractivity contribution is 0.0960. The smallest absolute Gasteiger partial charge is 0.282 e. The third-order valence-electron chi connectivity index (χ3n) is 4.30. The molecule has 0 bridgehead atoms. The van der Waals surface area contributed by atoms with Gasteiger partial charge >= 0.3 is 0 Å². The van der Waals surface area contributed by atoms with E-state index in [9.17, 15) is 17.6 Å². The molecule has 1 aromatic rings. The minimum Gasteiger partial charge on any atom is -0.294 e. The molecule has 1 heterocycles. The Morgan fingerprint density at radius 2 is 1.96 bits per heavy atom. The molecule has 1 saturated heterocycles. The maximum absolute atomic E-state index is 12.9. The van der Waals surface area contributed by atoms with E-state index in [2.05, 4.69) is 0 Å². The minimum absolute atomic E-state index is 0.122. The van der Waals surface area contributed by atoms with E-state index in [1.54, 1.807) is 7.05 Å². The van der Waals surface area contributed by atoms with Gasteiger partial charge in [-0.2, -0.15) is 17.0 Å². The Balaban J connectivity index is 2.13. The summed E-state index contributed by atoms with van der Waals surface area (Å²) in [5, 5.41) is 0. The average molecular weight is 342 g/mol. The van der Waals surface area contributed by atoms with Crippen LogP contribution in [-0.2, 0) is 10.2 Å². The number of ketones is 1. The van der Waals surface area contributed by atoms with Gasteiger partial charge in [-0.1, -0.05) is 0 Å². The lowest BCUT2D eigenvalue weighted by Crippen LogP contribution is -2.47. The number of Topliss-reactive ketones (excluding diaryl/α,β-unsaturated/α-hetero) is 1. The molecule has 2 rings (SSSR count). The second kappa shape index (κ2) is 7.07. The predicted molar refractivity (Wildman–Crippen MR) is 86.9 cm³/mol. The van der Waals surface area contributed by atoms with Gasteiger partial charge in [0.25, 0.3) is 10.2 Å². The van der Waals surface area contributed by atoms with Crippen molar-refractivity contribution in [3.8, 4) is 0 Å². The fourth-order valence-electron chi connectivity index (χ4n) is 2.72. The molecule has 1 aliphatic heterocycles. The summed E-state index contributed by atoms with van der Waals surface area (Å²) < 4.78 is 41.0. The van der Waals surface area contributed by atoms with Gasteiger partial charge in [0, 0.05) is 37.7 Å². The molecule has 128 valence electrons. The van der Waals surface area contributed by atoms with Crippen LogP contribution in [0.5, 0.6) is 0 Å². The fourth-order valence-corrected chi connectivity index (χ4v) is 4.50. The van der Waals surface area contributed by atoms with Crippen LogP contribution in [0.3, 0.4) is 0 Å². The maximum Gasteiger partial charge on any atom is 0.282 e. The first-order valence-electron chi connectivity index (χ1n) is 7.77. The molecule has 1 aromatic carbocycles. The summed E-state index contributed by atoms with van der Waals surface area (Å²) in [5.41, 5.74) is 0.410. The van der Waals surface area contributed by atoms with Crippen LogP contribution in [0, 0.1) is 5.82 Å². The van der Waals surface area contributed by atoms with Crippen LogP contribution >= 0.6 is 0 Å². The van der Waals surface area contributed by atoms with E-state index >= 15 is 0 Å². The van der Waals surface area contributed by atoms with Gasteiger partial charge in [-0.15, -0.1) is 0 Å². The summed E-state index contributed by atoms with van der Waals surface area (Å²) in [6, 6.07) is 4.87. The highest BCUT2D eigenvalue weighted by Crippen LogP contribution is 2.27. The van der Waals surface area contributed by atoms with Crippen molar-refractivity contribution < 1.29 is 17.6 Å². The van der Waals surface area contributed by atoms with Gasteiger partial charge in [0.15, 0.2) is 5.78 Å². The molecule has 0 N–H and O–H groups in total. The van der Waals surface area contributed by atoms with Crippen molar-refractivity contribution in [3.05, 3.63) is 35.6 Å². The van der Waals surface area contributed by atoms with Crippen LogP contribution in [0.15, 0.2) is 24.3 Å². The van der Waals surface area contributed by atoms with Crippen molar-refractivity contribution >= 4 is 16.0 Å². The van der Waals surface area contributed by atoms with E-state index in [0.29, 0.717) is 18.5 Å². The summed E-state index contributed by atoms with van der Waals surface area (Å²) in [4.78, 5) is 12.3. The number of rotatable bonds is 6. The fraction of sp³-hybridized carbons (Fsp3) is 0.562. The van der Waals surface area contributed by atoms with Crippen molar-refractivity contribution in [2.75, 3.05) is 13.6 Å². The van der Waals surface area contributed by atoms with Gasteiger partial charge < -0.3 is 0 Å². The number of hydrogen-bond donors (Lipinski definition) is 0. The first kappa shape index (κ1) is 18.0. The Bertz CT molecular complexity index is 658. The Morgan fingerprint density at radius 1 is 1.35 bits per heavy atom. The second-order valence-electron chi connectivity index (χ2n) is 6.16. The topological polar surface area (TPSA) is 57.7 Å². The van der Waals surface area contributed by atoms with E-state index < -0.39 is 16.0 Å². The quantitative estimate of drug-likeness (QED) is 0.746. The van der Waals surface area contributed by atoms with Crippen LogP contribution in [0.4, 0.5) is 4.39 Å². The summed E-state index contributed by atoms with van der Waals surface area (Å²) >= 11 is 0. The number of hydrogen-bond acceptors (Lipinski definition) is 3. The molecule has 0 aromatic heterocycles. The van der Waals surface area contributed by atoms with Crippen molar-refractivity contribution in [3.63, 3.8) is 0 Å². The molecule has 1 unspecified atom stereocenters. The zero-order valence-corrected chi connectivity index (χ0v) is 14.5. The zero-order chi connectivity index (χ0) is 17.2. The van der Waals surface area contributed by atoms with Crippen LogP contribution in [0.1, 0.15) is 43.5 Å². The average Bonchev–Trinajstić information content (AvgIpc) is 2.95. The highest BCUT2D eigenvalue weighted by Gasteiger charge is 2.38. The van der Waals surface area contributed by atoms with Gasteiger partial charge in [-0.05, 0) is 51.0 Å². The van der Waals surface area contributed by atoms with Crippen molar-refractivity contribution in [1.82, 2.24) is 8.61 Å². The summed E-state index contributed by atoms with van der Waals surface area (Å²) in [6.45, 7) is 4.05. The van der Waals surface area contributed by atoms with E-state index in [4.69, 9.17) is 0 Å². The molecule has 5 nitrogen and oxygen atoms in total. The molecule has 0 aliphatic carbocycles. The van der Waals surface area contributed by atoms with Gasteiger partial charge in [0.05, 0.1) is 0 Å². The second-order valence-corrected chi connectivity index (χ2v) is 8.10. The summed E-state index contributed by atoms with van der Waals surface area (Å²) in [6.07, 6.45) is 1.53. The van der Waals surface area contributed by atoms with Gasteiger partial charge in [-0.3, -0.25) is 4.79 Å². The molecule has 0 amide bonds. The largest absolute Gasteiger partial charge is 0.294 e. The van der Waals surface area contributed by atoms with Gasteiger partial charge in [0.2, 0.25) is 0 Å². The molecule has 0 saturated carbocycles. The van der Waals surface area contributed by atoms with Crippen LogP contribution in [0.25, 0.3) is 0 Å². The van der Waals surface area contributed by atoms with Crippen molar-refractivity contribution in [2.45, 2.75) is 45.2 Å². The molecule has 0 spiro atoms. The standard InChI is InChI=1S/C16H23FN2O3S/c1-12(2)18(3)23(21,22)19-10-4-5-15(19)11-16(20)13-6-8-14(17)9-7-13/h6-9,12,15H,4-5,10-11H2,1-3H3. The molecular formula is C16H23FN2O3S. The van der Waals surface area contributed by atoms with E-state index in [1.165, 1.54) is 32.9 Å². The third-order valence-corrected chi connectivity index (χ3v) is 6.52. The van der Waals surface area contributed by atoms with Crippen molar-refractivity contribution in [2.24, 2.45) is 0 Å². The predicted octanol–water partition coefficient (Wildman–Crippen LogP) is 2.45. The SMILES string of the molecule is CC(C)N(C)S(=O)(=O)N1CCCC1CC(=O)c1ccc(F)cc1. The van der Waals surface area contributed by atoms with Gasteiger partial charge in [-0.25, -0.2) is 4.39 Å². The lowest BCUT2D eigenvalue weighted by Gasteiger charge is -2.30. The Morgan fingerprint density at radius 3 is 2.52 bits per heavy atom. The first-order valence-corrected chi connectivity index (χ1v) is 9.16. The van der Waals surface area contributed by atoms with Crippen LogP contribution in [0.2, 0.25) is 0 Å². The maximum atomic E-state index is 12.9.